The van der Waals surface area contributed by atoms with E-state index in [4.69, 9.17) is 4.52 Å². The maximum absolute atomic E-state index is 5.24. The first kappa shape index (κ1) is 17.0. The largest absolute Gasteiger partial charge is 0.361 e. The Morgan fingerprint density at radius 1 is 1.27 bits per heavy atom. The van der Waals surface area contributed by atoms with Gasteiger partial charge in [0.15, 0.2) is 5.82 Å². The van der Waals surface area contributed by atoms with Crippen LogP contribution in [0, 0.1) is 13.8 Å². The monoisotopic (exact) mass is 355 g/mol. The van der Waals surface area contributed by atoms with E-state index in [0.29, 0.717) is 6.04 Å². The Morgan fingerprint density at radius 2 is 2.12 bits per heavy atom. The molecular formula is C18H25N7O. The van der Waals surface area contributed by atoms with E-state index >= 15 is 0 Å². The molecule has 0 aliphatic carbocycles. The molecule has 1 aliphatic heterocycles. The summed E-state index contributed by atoms with van der Waals surface area (Å²) < 4.78 is 9.39. The highest BCUT2D eigenvalue weighted by Gasteiger charge is 2.18. The van der Waals surface area contributed by atoms with Gasteiger partial charge >= 0.3 is 0 Å². The Labute approximate surface area is 152 Å². The van der Waals surface area contributed by atoms with E-state index in [2.05, 4.69) is 30.3 Å². The summed E-state index contributed by atoms with van der Waals surface area (Å²) in [6.07, 6.45) is 9.99. The molecule has 1 saturated heterocycles. The van der Waals surface area contributed by atoms with E-state index in [1.807, 2.05) is 37.1 Å². The van der Waals surface area contributed by atoms with Gasteiger partial charge in [-0.3, -0.25) is 0 Å². The zero-order valence-corrected chi connectivity index (χ0v) is 15.4. The summed E-state index contributed by atoms with van der Waals surface area (Å²) in [5.41, 5.74) is 3.03. The molecule has 8 heteroatoms. The lowest BCUT2D eigenvalue weighted by molar-refractivity contribution is 0.337. The van der Waals surface area contributed by atoms with E-state index in [1.165, 1.54) is 5.56 Å². The number of rotatable bonds is 6. The minimum absolute atomic E-state index is 0.431. The topological polar surface area (TPSA) is 86.6 Å². The quantitative estimate of drug-likeness (QED) is 0.730. The lowest BCUT2D eigenvalue weighted by Gasteiger charge is -2.22. The molecule has 0 atom stereocenters. The molecule has 1 N–H and O–H groups in total. The molecule has 138 valence electrons. The minimum atomic E-state index is 0.431. The molecule has 3 aromatic heterocycles. The number of nitrogens with one attached hydrogen (secondary N) is 1. The van der Waals surface area contributed by atoms with Gasteiger partial charge in [0.1, 0.15) is 11.5 Å². The van der Waals surface area contributed by atoms with Crippen LogP contribution < -0.4 is 5.32 Å². The van der Waals surface area contributed by atoms with Crippen molar-refractivity contribution >= 4 is 0 Å². The molecular weight excluding hydrogens is 330 g/mol. The summed E-state index contributed by atoms with van der Waals surface area (Å²) in [4.78, 5) is 4.50. The third kappa shape index (κ3) is 3.41. The van der Waals surface area contributed by atoms with E-state index in [0.717, 1.165) is 68.3 Å². The van der Waals surface area contributed by atoms with Crippen molar-refractivity contribution in [3.8, 4) is 11.5 Å². The first-order valence-corrected chi connectivity index (χ1v) is 9.28. The normalized spacial score (nSPS) is 15.6. The average Bonchev–Trinajstić information content (AvgIpc) is 3.38. The smallest absolute Gasteiger partial charge is 0.162 e. The van der Waals surface area contributed by atoms with Crippen molar-refractivity contribution in [1.29, 1.82) is 0 Å². The Balaban J connectivity index is 1.43. The molecule has 0 saturated carbocycles. The standard InChI is InChI=1S/C18H25N7O/c1-13-16(14(2)26-22-13)4-3-10-24-11-9-20-18(24)17-12-25(23-21-17)15-5-7-19-8-6-15/h9,11-12,15,19H,3-8,10H2,1-2H3. The molecule has 4 rings (SSSR count). The molecule has 26 heavy (non-hydrogen) atoms. The van der Waals surface area contributed by atoms with Gasteiger partial charge in [-0.05, 0) is 52.6 Å². The molecule has 0 spiro atoms. The second-order valence-electron chi connectivity index (χ2n) is 6.92. The van der Waals surface area contributed by atoms with Gasteiger partial charge in [-0.1, -0.05) is 10.4 Å². The molecule has 0 bridgehead atoms. The number of hydrogen-bond donors (Lipinski definition) is 1. The summed E-state index contributed by atoms with van der Waals surface area (Å²) in [6, 6.07) is 0.431. The van der Waals surface area contributed by atoms with Gasteiger partial charge in [-0.15, -0.1) is 5.10 Å². The number of aryl methyl sites for hydroxylation is 3. The highest BCUT2D eigenvalue weighted by molar-refractivity contribution is 5.47. The van der Waals surface area contributed by atoms with Crippen molar-refractivity contribution in [3.05, 3.63) is 35.6 Å². The third-order valence-corrected chi connectivity index (χ3v) is 5.14. The Kier molecular flexibility index (Phi) is 4.83. The van der Waals surface area contributed by atoms with E-state index in [1.54, 1.807) is 0 Å². The maximum atomic E-state index is 5.24. The van der Waals surface area contributed by atoms with Gasteiger partial charge in [0, 0.05) is 24.5 Å². The Bertz CT molecular complexity index is 837. The molecule has 1 fully saturated rings. The van der Waals surface area contributed by atoms with Crippen molar-refractivity contribution in [2.24, 2.45) is 0 Å². The summed E-state index contributed by atoms with van der Waals surface area (Å²) in [7, 11) is 0. The van der Waals surface area contributed by atoms with E-state index in [9.17, 15) is 0 Å². The summed E-state index contributed by atoms with van der Waals surface area (Å²) in [6.45, 7) is 6.91. The van der Waals surface area contributed by atoms with Crippen LogP contribution in [-0.4, -0.2) is 42.8 Å². The van der Waals surface area contributed by atoms with Crippen molar-refractivity contribution in [3.63, 3.8) is 0 Å². The van der Waals surface area contributed by atoms with Crippen LogP contribution in [0.15, 0.2) is 23.1 Å². The second kappa shape index (κ2) is 7.41. The fourth-order valence-corrected chi connectivity index (χ4v) is 3.64. The van der Waals surface area contributed by atoms with Crippen molar-refractivity contribution in [2.45, 2.75) is 52.1 Å². The van der Waals surface area contributed by atoms with Gasteiger partial charge in [0.2, 0.25) is 0 Å². The first-order chi connectivity index (χ1) is 12.7. The van der Waals surface area contributed by atoms with Crippen LogP contribution in [0.4, 0.5) is 0 Å². The van der Waals surface area contributed by atoms with Gasteiger partial charge in [-0.2, -0.15) is 0 Å². The fourth-order valence-electron chi connectivity index (χ4n) is 3.64. The molecule has 3 aromatic rings. The van der Waals surface area contributed by atoms with Crippen LogP contribution in [0.1, 0.15) is 42.3 Å². The third-order valence-electron chi connectivity index (χ3n) is 5.14. The number of hydrogen-bond acceptors (Lipinski definition) is 6. The lowest BCUT2D eigenvalue weighted by atomic mass is 10.1. The Morgan fingerprint density at radius 3 is 2.88 bits per heavy atom. The van der Waals surface area contributed by atoms with Crippen LogP contribution in [0.25, 0.3) is 11.5 Å². The highest BCUT2D eigenvalue weighted by Crippen LogP contribution is 2.21. The average molecular weight is 355 g/mol. The van der Waals surface area contributed by atoms with Gasteiger partial charge in [-0.25, -0.2) is 9.67 Å². The molecule has 8 nitrogen and oxygen atoms in total. The second-order valence-corrected chi connectivity index (χ2v) is 6.92. The molecule has 1 aliphatic rings. The predicted octanol–water partition coefficient (Wildman–Crippen LogP) is 2.30. The van der Waals surface area contributed by atoms with E-state index in [-0.39, 0.29) is 0 Å². The van der Waals surface area contributed by atoms with E-state index < -0.39 is 0 Å². The van der Waals surface area contributed by atoms with Crippen molar-refractivity contribution < 1.29 is 4.52 Å². The summed E-state index contributed by atoms with van der Waals surface area (Å²) in [5.74, 6) is 1.79. The molecule has 4 heterocycles. The van der Waals surface area contributed by atoms with Crippen LogP contribution in [0.3, 0.4) is 0 Å². The number of imidazole rings is 1. The minimum Gasteiger partial charge on any atom is -0.361 e. The van der Waals surface area contributed by atoms with Gasteiger partial charge in [0.25, 0.3) is 0 Å². The van der Waals surface area contributed by atoms with Gasteiger partial charge < -0.3 is 14.4 Å². The summed E-state index contributed by atoms with van der Waals surface area (Å²) in [5, 5.41) is 16.1. The summed E-state index contributed by atoms with van der Waals surface area (Å²) >= 11 is 0. The van der Waals surface area contributed by atoms with Crippen LogP contribution in [0.2, 0.25) is 0 Å². The van der Waals surface area contributed by atoms with Crippen molar-refractivity contribution in [1.82, 2.24) is 35.0 Å². The zero-order valence-electron chi connectivity index (χ0n) is 15.4. The first-order valence-electron chi connectivity index (χ1n) is 9.28. The number of aromatic nitrogens is 6. The Hall–Kier alpha value is -2.48. The SMILES string of the molecule is Cc1noc(C)c1CCCn1ccnc1-c1cn(C2CCNCC2)nn1. The fraction of sp³-hybridized carbons (Fsp3) is 0.556. The zero-order chi connectivity index (χ0) is 17.9. The molecule has 0 amide bonds. The number of piperidine rings is 1. The van der Waals surface area contributed by atoms with Crippen molar-refractivity contribution in [2.75, 3.05) is 13.1 Å². The predicted molar refractivity (Wildman–Crippen MR) is 96.7 cm³/mol. The van der Waals surface area contributed by atoms with Gasteiger partial charge in [0.05, 0.1) is 17.9 Å². The lowest BCUT2D eigenvalue weighted by Crippen LogP contribution is -2.29. The molecule has 0 radical (unpaired) electrons. The highest BCUT2D eigenvalue weighted by atomic mass is 16.5. The van der Waals surface area contributed by atoms with Crippen LogP contribution >= 0.6 is 0 Å². The molecule has 0 aromatic carbocycles. The molecule has 0 unspecified atom stereocenters. The van der Waals surface area contributed by atoms with Crippen LogP contribution in [0.5, 0.6) is 0 Å². The maximum Gasteiger partial charge on any atom is 0.162 e. The number of nitrogens with zero attached hydrogens (tertiary/aromatic N) is 6. The van der Waals surface area contributed by atoms with Crippen LogP contribution in [-0.2, 0) is 13.0 Å².